The Hall–Kier alpha value is -1.33. The van der Waals surface area contributed by atoms with Crippen LogP contribution in [0, 0.1) is 5.82 Å². The smallest absolute Gasteiger partial charge is 0.260 e. The van der Waals surface area contributed by atoms with E-state index < -0.39 is 0 Å². The second-order valence-electron chi connectivity index (χ2n) is 3.20. The monoisotopic (exact) mass is 238 g/mol. The summed E-state index contributed by atoms with van der Waals surface area (Å²) in [5.74, 6) is -0.269. The molecule has 1 aromatic heterocycles. The fourth-order valence-electron chi connectivity index (χ4n) is 1.30. The summed E-state index contributed by atoms with van der Waals surface area (Å²) in [5, 5.41) is 0.436. The van der Waals surface area contributed by atoms with Crippen molar-refractivity contribution in [2.45, 2.75) is 16.5 Å². The van der Waals surface area contributed by atoms with E-state index in [1.54, 1.807) is 6.07 Å². The molecule has 3 nitrogen and oxygen atoms in total. The van der Waals surface area contributed by atoms with Gasteiger partial charge < -0.3 is 10.2 Å². The van der Waals surface area contributed by atoms with Gasteiger partial charge in [0.1, 0.15) is 12.1 Å². The maximum Gasteiger partial charge on any atom is 0.260 e. The highest BCUT2D eigenvalue weighted by molar-refractivity contribution is 7.99. The van der Waals surface area contributed by atoms with Crippen LogP contribution < -0.4 is 5.73 Å². The maximum absolute atomic E-state index is 13.6. The lowest BCUT2D eigenvalue weighted by Gasteiger charge is -2.03. The average molecular weight is 238 g/mol. The topological polar surface area (TPSA) is 52.0 Å². The maximum atomic E-state index is 13.6. The molecule has 0 saturated carbocycles. The van der Waals surface area contributed by atoms with Crippen LogP contribution in [0.1, 0.15) is 5.56 Å². The van der Waals surface area contributed by atoms with E-state index in [1.807, 2.05) is 6.07 Å². The summed E-state index contributed by atoms with van der Waals surface area (Å²) in [6.45, 7) is 0.520. The first-order valence-corrected chi connectivity index (χ1v) is 5.67. The Balaban J connectivity index is 2.16. The van der Waals surface area contributed by atoms with Gasteiger partial charge in [0, 0.05) is 0 Å². The van der Waals surface area contributed by atoms with Crippen LogP contribution in [0.15, 0.2) is 45.2 Å². The van der Waals surface area contributed by atoms with Crippen molar-refractivity contribution in [3.63, 3.8) is 0 Å². The molecule has 0 unspecified atom stereocenters. The number of nitrogens with two attached hydrogens (primary N) is 1. The summed E-state index contributed by atoms with van der Waals surface area (Å²) < 4.78 is 18.7. The van der Waals surface area contributed by atoms with Crippen LogP contribution in [0.5, 0.6) is 0 Å². The van der Waals surface area contributed by atoms with Crippen LogP contribution in [0.3, 0.4) is 0 Å². The second kappa shape index (κ2) is 5.14. The molecule has 84 valence electrons. The second-order valence-corrected chi connectivity index (χ2v) is 4.20. The van der Waals surface area contributed by atoms with Crippen molar-refractivity contribution < 1.29 is 8.81 Å². The third kappa shape index (κ3) is 2.62. The standard InChI is InChI=1S/C11H11FN2OS/c12-9-7-8(3-4-13)1-2-10(9)16-11-14-5-6-15-11/h1-2,5-7H,3-4,13H2. The third-order valence-electron chi connectivity index (χ3n) is 2.04. The van der Waals surface area contributed by atoms with Gasteiger partial charge >= 0.3 is 0 Å². The number of nitrogens with zero attached hydrogens (tertiary/aromatic N) is 1. The van der Waals surface area contributed by atoms with Gasteiger partial charge in [0.05, 0.1) is 11.1 Å². The molecule has 2 aromatic rings. The van der Waals surface area contributed by atoms with E-state index in [0.29, 0.717) is 23.1 Å². The van der Waals surface area contributed by atoms with E-state index in [2.05, 4.69) is 4.98 Å². The Labute approximate surface area is 96.9 Å². The molecule has 1 aromatic carbocycles. The van der Waals surface area contributed by atoms with Crippen LogP contribution in [-0.4, -0.2) is 11.5 Å². The number of benzene rings is 1. The summed E-state index contributed by atoms with van der Waals surface area (Å²) in [5.41, 5.74) is 6.31. The lowest BCUT2D eigenvalue weighted by Crippen LogP contribution is -2.02. The van der Waals surface area contributed by atoms with Crippen LogP contribution in [0.2, 0.25) is 0 Å². The Kier molecular flexibility index (Phi) is 3.58. The van der Waals surface area contributed by atoms with E-state index in [4.69, 9.17) is 10.2 Å². The molecule has 2 rings (SSSR count). The lowest BCUT2D eigenvalue weighted by atomic mass is 10.1. The molecular weight excluding hydrogens is 227 g/mol. The molecule has 0 aliphatic carbocycles. The fraction of sp³-hybridized carbons (Fsp3) is 0.182. The molecule has 0 spiro atoms. The predicted octanol–water partition coefficient (Wildman–Crippen LogP) is 2.47. The first-order chi connectivity index (χ1) is 7.79. The lowest BCUT2D eigenvalue weighted by molar-refractivity contribution is 0.453. The van der Waals surface area contributed by atoms with Crippen LogP contribution in [0.4, 0.5) is 4.39 Å². The predicted molar refractivity (Wildman–Crippen MR) is 59.8 cm³/mol. The van der Waals surface area contributed by atoms with E-state index >= 15 is 0 Å². The number of halogens is 1. The highest BCUT2D eigenvalue weighted by Crippen LogP contribution is 2.28. The van der Waals surface area contributed by atoms with Crippen molar-refractivity contribution in [1.29, 1.82) is 0 Å². The van der Waals surface area contributed by atoms with Gasteiger partial charge in [0.25, 0.3) is 5.22 Å². The molecule has 0 radical (unpaired) electrons. The summed E-state index contributed by atoms with van der Waals surface area (Å²) in [7, 11) is 0. The van der Waals surface area contributed by atoms with Crippen molar-refractivity contribution in [1.82, 2.24) is 4.98 Å². The van der Waals surface area contributed by atoms with E-state index in [9.17, 15) is 4.39 Å². The van der Waals surface area contributed by atoms with E-state index in [0.717, 1.165) is 17.3 Å². The summed E-state index contributed by atoms with van der Waals surface area (Å²) in [6.07, 6.45) is 3.67. The van der Waals surface area contributed by atoms with Gasteiger partial charge in [0.2, 0.25) is 0 Å². The minimum Gasteiger partial charge on any atom is -0.440 e. The molecule has 2 N–H and O–H groups in total. The largest absolute Gasteiger partial charge is 0.440 e. The zero-order valence-corrected chi connectivity index (χ0v) is 9.34. The quantitative estimate of drug-likeness (QED) is 0.889. The third-order valence-corrected chi connectivity index (χ3v) is 2.96. The molecule has 0 saturated heterocycles. The molecule has 1 heterocycles. The normalized spacial score (nSPS) is 10.6. The number of oxazole rings is 1. The summed E-state index contributed by atoms with van der Waals surface area (Å²) in [4.78, 5) is 4.42. The minimum absolute atomic E-state index is 0.269. The van der Waals surface area contributed by atoms with Gasteiger partial charge in [-0.15, -0.1) is 0 Å². The minimum atomic E-state index is -0.269. The van der Waals surface area contributed by atoms with Gasteiger partial charge in [-0.1, -0.05) is 6.07 Å². The molecular formula is C11H11FN2OS. The number of rotatable bonds is 4. The molecule has 5 heteroatoms. The van der Waals surface area contributed by atoms with Crippen molar-refractivity contribution >= 4 is 11.8 Å². The molecule has 0 atom stereocenters. The summed E-state index contributed by atoms with van der Waals surface area (Å²) in [6, 6.07) is 5.08. The highest BCUT2D eigenvalue weighted by atomic mass is 32.2. The van der Waals surface area contributed by atoms with Crippen molar-refractivity contribution in [2.75, 3.05) is 6.54 Å². The molecule has 0 fully saturated rings. The molecule has 16 heavy (non-hydrogen) atoms. The zero-order chi connectivity index (χ0) is 11.4. The van der Waals surface area contributed by atoms with Gasteiger partial charge in [-0.25, -0.2) is 9.37 Å². The van der Waals surface area contributed by atoms with Crippen molar-refractivity contribution in [2.24, 2.45) is 5.73 Å². The zero-order valence-electron chi connectivity index (χ0n) is 8.52. The van der Waals surface area contributed by atoms with Gasteiger partial charge in [-0.2, -0.15) is 0 Å². The average Bonchev–Trinajstić information content (AvgIpc) is 2.75. The Morgan fingerprint density at radius 2 is 2.31 bits per heavy atom. The van der Waals surface area contributed by atoms with Gasteiger partial charge in [-0.3, -0.25) is 0 Å². The highest BCUT2D eigenvalue weighted by Gasteiger charge is 2.07. The molecule has 0 bridgehead atoms. The van der Waals surface area contributed by atoms with E-state index in [-0.39, 0.29) is 5.82 Å². The van der Waals surface area contributed by atoms with Crippen LogP contribution in [0.25, 0.3) is 0 Å². The Morgan fingerprint density at radius 1 is 1.44 bits per heavy atom. The van der Waals surface area contributed by atoms with Crippen molar-refractivity contribution in [3.8, 4) is 0 Å². The first kappa shape index (κ1) is 11.2. The number of hydrogen-bond donors (Lipinski definition) is 1. The summed E-state index contributed by atoms with van der Waals surface area (Å²) >= 11 is 1.16. The number of aromatic nitrogens is 1. The Bertz CT molecular complexity index is 459. The Morgan fingerprint density at radius 3 is 2.94 bits per heavy atom. The fourth-order valence-corrected chi connectivity index (χ4v) is 2.00. The first-order valence-electron chi connectivity index (χ1n) is 4.85. The molecule has 0 aliphatic heterocycles. The number of hydrogen-bond acceptors (Lipinski definition) is 4. The molecule has 0 amide bonds. The van der Waals surface area contributed by atoms with Crippen molar-refractivity contribution in [3.05, 3.63) is 42.0 Å². The van der Waals surface area contributed by atoms with Crippen LogP contribution in [-0.2, 0) is 6.42 Å². The van der Waals surface area contributed by atoms with E-state index in [1.165, 1.54) is 18.5 Å². The van der Waals surface area contributed by atoms with Crippen LogP contribution >= 0.6 is 11.8 Å². The van der Waals surface area contributed by atoms with Gasteiger partial charge in [0.15, 0.2) is 0 Å². The molecule has 0 aliphatic rings. The van der Waals surface area contributed by atoms with Gasteiger partial charge in [-0.05, 0) is 42.4 Å². The SMILES string of the molecule is NCCc1ccc(Sc2ncco2)c(F)c1.